The van der Waals surface area contributed by atoms with Crippen LogP contribution in [0.15, 0.2) is 28.7 Å². The number of halogens is 1. The molecular formula is C10H9BrO3. The second-order valence-electron chi connectivity index (χ2n) is 2.56. The molecule has 0 amide bonds. The molecule has 0 saturated heterocycles. The molecule has 0 atom stereocenters. The average Bonchev–Trinajstić information content (AvgIpc) is 2.16. The molecule has 1 aromatic rings. The van der Waals surface area contributed by atoms with E-state index in [2.05, 4.69) is 15.9 Å². The first-order valence-electron chi connectivity index (χ1n) is 3.88. The predicted molar refractivity (Wildman–Crippen MR) is 57.4 cm³/mol. The average molecular weight is 257 g/mol. The fraction of sp³-hybridized carbons (Fsp3) is 0.100. The summed E-state index contributed by atoms with van der Waals surface area (Å²) in [5.41, 5.74) is 0.770. The van der Waals surface area contributed by atoms with Gasteiger partial charge in [0, 0.05) is 10.5 Å². The fourth-order valence-electron chi connectivity index (χ4n) is 0.938. The van der Waals surface area contributed by atoms with Gasteiger partial charge in [-0.3, -0.25) is 0 Å². The van der Waals surface area contributed by atoms with Crippen molar-refractivity contribution in [2.75, 3.05) is 7.11 Å². The number of aliphatic carboxylic acids is 1. The molecule has 14 heavy (non-hydrogen) atoms. The lowest BCUT2D eigenvalue weighted by Crippen LogP contribution is -1.87. The van der Waals surface area contributed by atoms with E-state index >= 15 is 0 Å². The van der Waals surface area contributed by atoms with Crippen molar-refractivity contribution in [1.82, 2.24) is 0 Å². The van der Waals surface area contributed by atoms with E-state index in [-0.39, 0.29) is 0 Å². The molecule has 3 nitrogen and oxygen atoms in total. The lowest BCUT2D eigenvalue weighted by Gasteiger charge is -2.02. The zero-order chi connectivity index (χ0) is 10.6. The largest absolute Gasteiger partial charge is 0.497 e. The van der Waals surface area contributed by atoms with Crippen LogP contribution in [0.2, 0.25) is 0 Å². The summed E-state index contributed by atoms with van der Waals surface area (Å²) in [5, 5.41) is 8.46. The zero-order valence-electron chi connectivity index (χ0n) is 7.53. The summed E-state index contributed by atoms with van der Waals surface area (Å²) < 4.78 is 5.84. The third-order valence-electron chi connectivity index (χ3n) is 1.61. The van der Waals surface area contributed by atoms with E-state index in [4.69, 9.17) is 9.84 Å². The summed E-state index contributed by atoms with van der Waals surface area (Å²) in [5.74, 6) is -0.280. The minimum absolute atomic E-state index is 0.693. The smallest absolute Gasteiger partial charge is 0.328 e. The number of carboxylic acids is 1. The molecule has 4 heteroatoms. The number of hydrogen-bond acceptors (Lipinski definition) is 2. The van der Waals surface area contributed by atoms with Gasteiger partial charge < -0.3 is 9.84 Å². The first-order chi connectivity index (χ1) is 6.63. The van der Waals surface area contributed by atoms with E-state index in [1.807, 2.05) is 0 Å². The number of benzene rings is 1. The van der Waals surface area contributed by atoms with Gasteiger partial charge in [-0.15, -0.1) is 0 Å². The SMILES string of the molecule is COc1ccc(Br)c(/C=C/C(=O)O)c1. The van der Waals surface area contributed by atoms with Gasteiger partial charge in [0.1, 0.15) is 5.75 Å². The highest BCUT2D eigenvalue weighted by Crippen LogP contribution is 2.23. The van der Waals surface area contributed by atoms with Crippen LogP contribution in [0.4, 0.5) is 0 Å². The summed E-state index contributed by atoms with van der Waals surface area (Å²) in [6, 6.07) is 5.35. The third-order valence-corrected chi connectivity index (χ3v) is 2.33. The van der Waals surface area contributed by atoms with E-state index in [0.29, 0.717) is 5.75 Å². The summed E-state index contributed by atoms with van der Waals surface area (Å²) >= 11 is 3.31. The van der Waals surface area contributed by atoms with Crippen LogP contribution in [0, 0.1) is 0 Å². The maximum atomic E-state index is 10.3. The first kappa shape index (κ1) is 10.8. The molecule has 0 aliphatic heterocycles. The topological polar surface area (TPSA) is 46.5 Å². The van der Waals surface area contributed by atoms with Crippen LogP contribution in [0.3, 0.4) is 0 Å². The fourth-order valence-corrected chi connectivity index (χ4v) is 1.32. The van der Waals surface area contributed by atoms with Gasteiger partial charge in [-0.1, -0.05) is 15.9 Å². The second-order valence-corrected chi connectivity index (χ2v) is 3.41. The number of hydrogen-bond donors (Lipinski definition) is 1. The summed E-state index contributed by atoms with van der Waals surface area (Å²) in [6.07, 6.45) is 2.59. The Balaban J connectivity index is 3.00. The molecular weight excluding hydrogens is 248 g/mol. The van der Waals surface area contributed by atoms with Gasteiger partial charge in [0.05, 0.1) is 7.11 Å². The van der Waals surface area contributed by atoms with Crippen molar-refractivity contribution in [2.45, 2.75) is 0 Å². The van der Waals surface area contributed by atoms with Gasteiger partial charge in [-0.05, 0) is 29.8 Å². The van der Waals surface area contributed by atoms with E-state index in [1.165, 1.54) is 6.08 Å². The van der Waals surface area contributed by atoms with E-state index in [9.17, 15) is 4.79 Å². The lowest BCUT2D eigenvalue weighted by atomic mass is 10.2. The van der Waals surface area contributed by atoms with Crippen LogP contribution in [0.25, 0.3) is 6.08 Å². The normalized spacial score (nSPS) is 10.4. The Morgan fingerprint density at radius 1 is 1.57 bits per heavy atom. The number of ether oxygens (including phenoxy) is 1. The molecule has 0 unspecified atom stereocenters. The molecule has 0 aliphatic carbocycles. The molecule has 0 aliphatic rings. The van der Waals surface area contributed by atoms with Gasteiger partial charge in [0.25, 0.3) is 0 Å². The molecule has 0 saturated carbocycles. The summed E-state index contributed by atoms with van der Waals surface area (Å²) in [4.78, 5) is 10.3. The van der Waals surface area contributed by atoms with Gasteiger partial charge in [-0.2, -0.15) is 0 Å². The maximum absolute atomic E-state index is 10.3. The Morgan fingerprint density at radius 3 is 2.86 bits per heavy atom. The number of rotatable bonds is 3. The van der Waals surface area contributed by atoms with Gasteiger partial charge in [0.2, 0.25) is 0 Å². The minimum Gasteiger partial charge on any atom is -0.497 e. The highest BCUT2D eigenvalue weighted by atomic mass is 79.9. The molecule has 1 aromatic carbocycles. The third kappa shape index (κ3) is 2.88. The van der Waals surface area contributed by atoms with Crippen molar-refractivity contribution < 1.29 is 14.6 Å². The van der Waals surface area contributed by atoms with Crippen LogP contribution in [0.5, 0.6) is 5.75 Å². The summed E-state index contributed by atoms with van der Waals surface area (Å²) in [6.45, 7) is 0. The molecule has 1 N–H and O–H groups in total. The van der Waals surface area contributed by atoms with Crippen molar-refractivity contribution in [2.24, 2.45) is 0 Å². The highest BCUT2D eigenvalue weighted by Gasteiger charge is 1.99. The molecule has 0 heterocycles. The van der Waals surface area contributed by atoms with Gasteiger partial charge in [0.15, 0.2) is 0 Å². The quantitative estimate of drug-likeness (QED) is 0.846. The molecule has 0 bridgehead atoms. The van der Waals surface area contributed by atoms with Gasteiger partial charge in [-0.25, -0.2) is 4.79 Å². The number of methoxy groups -OCH3 is 1. The Hall–Kier alpha value is -1.29. The van der Waals surface area contributed by atoms with Crippen LogP contribution in [0.1, 0.15) is 5.56 Å². The van der Waals surface area contributed by atoms with Crippen molar-refractivity contribution in [1.29, 1.82) is 0 Å². The van der Waals surface area contributed by atoms with E-state index < -0.39 is 5.97 Å². The molecule has 1 rings (SSSR count). The monoisotopic (exact) mass is 256 g/mol. The molecule has 74 valence electrons. The van der Waals surface area contributed by atoms with Crippen molar-refractivity contribution in [3.05, 3.63) is 34.3 Å². The Kier molecular flexibility index (Phi) is 3.71. The van der Waals surface area contributed by atoms with E-state index in [1.54, 1.807) is 25.3 Å². The van der Waals surface area contributed by atoms with Crippen LogP contribution in [-0.4, -0.2) is 18.2 Å². The standard InChI is InChI=1S/C10H9BrO3/c1-14-8-3-4-9(11)7(6-8)2-5-10(12)13/h2-6H,1H3,(H,12,13)/b5-2+. The molecule has 0 spiro atoms. The van der Waals surface area contributed by atoms with Crippen molar-refractivity contribution >= 4 is 28.0 Å². The zero-order valence-corrected chi connectivity index (χ0v) is 9.11. The summed E-state index contributed by atoms with van der Waals surface area (Å²) in [7, 11) is 1.56. The molecule has 0 aromatic heterocycles. The number of carbonyl (C=O) groups is 1. The Labute approximate surface area is 90.1 Å². The van der Waals surface area contributed by atoms with Crippen LogP contribution < -0.4 is 4.74 Å². The Bertz CT molecular complexity index is 372. The second kappa shape index (κ2) is 4.81. The number of carboxylic acid groups (broad SMARTS) is 1. The Morgan fingerprint density at radius 2 is 2.29 bits per heavy atom. The first-order valence-corrected chi connectivity index (χ1v) is 4.67. The van der Waals surface area contributed by atoms with E-state index in [0.717, 1.165) is 16.1 Å². The molecule has 0 radical (unpaired) electrons. The predicted octanol–water partition coefficient (Wildman–Crippen LogP) is 2.56. The van der Waals surface area contributed by atoms with Crippen molar-refractivity contribution in [3.63, 3.8) is 0 Å². The molecule has 0 fully saturated rings. The maximum Gasteiger partial charge on any atom is 0.328 e. The lowest BCUT2D eigenvalue weighted by molar-refractivity contribution is -0.131. The minimum atomic E-state index is -0.972. The van der Waals surface area contributed by atoms with Crippen molar-refractivity contribution in [3.8, 4) is 5.75 Å². The van der Waals surface area contributed by atoms with Gasteiger partial charge >= 0.3 is 5.97 Å². The van der Waals surface area contributed by atoms with Crippen LogP contribution in [-0.2, 0) is 4.79 Å². The highest BCUT2D eigenvalue weighted by molar-refractivity contribution is 9.10. The van der Waals surface area contributed by atoms with Crippen LogP contribution >= 0.6 is 15.9 Å².